The number of nitrogens with zero attached hydrogens (tertiary/aromatic N) is 4. The normalized spacial score (nSPS) is 18.2. The Labute approximate surface area is 186 Å². The molecular weight excluding hydrogens is 408 g/mol. The molecule has 1 spiro atoms. The third-order valence-corrected chi connectivity index (χ3v) is 7.61. The van der Waals surface area contributed by atoms with Gasteiger partial charge in [0.15, 0.2) is 0 Å². The van der Waals surface area contributed by atoms with E-state index >= 15 is 0 Å². The molecule has 5 rings (SSSR count). The summed E-state index contributed by atoms with van der Waals surface area (Å²) in [6.45, 7) is 8.56. The lowest BCUT2D eigenvalue weighted by atomic mass is 9.82. The quantitative estimate of drug-likeness (QED) is 0.595. The SMILES string of the molecule is CC(C)(C)n1ccc(C(=O)N2CCC3(CC2)OCCc2sc(-c4cnccn4)cc23)c1. The lowest BCUT2D eigenvalue weighted by Gasteiger charge is -2.44. The van der Waals surface area contributed by atoms with E-state index in [1.807, 2.05) is 29.6 Å². The maximum absolute atomic E-state index is 13.1. The average Bonchev–Trinajstić information content (AvgIpc) is 3.43. The van der Waals surface area contributed by atoms with E-state index < -0.39 is 0 Å². The van der Waals surface area contributed by atoms with Crippen molar-refractivity contribution in [2.24, 2.45) is 0 Å². The minimum Gasteiger partial charge on any atom is -0.370 e. The molecule has 1 fully saturated rings. The van der Waals surface area contributed by atoms with Gasteiger partial charge in [-0.15, -0.1) is 11.3 Å². The molecule has 5 heterocycles. The Bertz CT molecular complexity index is 1090. The van der Waals surface area contributed by atoms with E-state index in [0.29, 0.717) is 13.1 Å². The fourth-order valence-electron chi connectivity index (χ4n) is 4.58. The molecule has 0 aliphatic carbocycles. The molecule has 0 aromatic carbocycles. The lowest BCUT2D eigenvalue weighted by molar-refractivity contribution is -0.0926. The Morgan fingerprint density at radius 1 is 1.23 bits per heavy atom. The maximum atomic E-state index is 13.1. The van der Waals surface area contributed by atoms with Crippen LogP contribution < -0.4 is 0 Å². The number of aromatic nitrogens is 3. The second-order valence-corrected chi connectivity index (χ2v) is 10.5. The van der Waals surface area contributed by atoms with Gasteiger partial charge in [-0.3, -0.25) is 14.8 Å². The van der Waals surface area contributed by atoms with Crippen LogP contribution in [0.25, 0.3) is 10.6 Å². The van der Waals surface area contributed by atoms with Crippen LogP contribution >= 0.6 is 11.3 Å². The zero-order valence-electron chi connectivity index (χ0n) is 18.3. The van der Waals surface area contributed by atoms with Gasteiger partial charge in [-0.25, -0.2) is 0 Å². The first-order valence-electron chi connectivity index (χ1n) is 10.9. The molecule has 0 atom stereocenters. The summed E-state index contributed by atoms with van der Waals surface area (Å²) in [5.74, 6) is 0.111. The van der Waals surface area contributed by atoms with Crippen LogP contribution in [0.15, 0.2) is 43.1 Å². The van der Waals surface area contributed by atoms with Crippen molar-refractivity contribution in [2.75, 3.05) is 19.7 Å². The first-order chi connectivity index (χ1) is 14.9. The Kier molecular flexibility index (Phi) is 4.98. The van der Waals surface area contributed by atoms with Gasteiger partial charge in [0.2, 0.25) is 0 Å². The number of piperidine rings is 1. The molecular formula is C24H28N4O2S. The molecule has 2 aliphatic heterocycles. The molecule has 7 heteroatoms. The molecule has 0 unspecified atom stereocenters. The van der Waals surface area contributed by atoms with Crippen molar-refractivity contribution in [3.05, 3.63) is 59.1 Å². The van der Waals surface area contributed by atoms with Crippen LogP contribution in [0.2, 0.25) is 0 Å². The highest BCUT2D eigenvalue weighted by Crippen LogP contribution is 2.46. The molecule has 162 valence electrons. The van der Waals surface area contributed by atoms with E-state index in [0.717, 1.165) is 42.0 Å². The van der Waals surface area contributed by atoms with Gasteiger partial charge in [-0.2, -0.15) is 0 Å². The average molecular weight is 437 g/mol. The molecule has 0 bridgehead atoms. The summed E-state index contributed by atoms with van der Waals surface area (Å²) in [6, 6.07) is 4.17. The number of hydrogen-bond acceptors (Lipinski definition) is 5. The summed E-state index contributed by atoms with van der Waals surface area (Å²) in [5, 5.41) is 0. The molecule has 31 heavy (non-hydrogen) atoms. The van der Waals surface area contributed by atoms with Crippen LogP contribution in [0.3, 0.4) is 0 Å². The highest BCUT2D eigenvalue weighted by atomic mass is 32.1. The van der Waals surface area contributed by atoms with Crippen LogP contribution in [-0.2, 0) is 22.3 Å². The number of carbonyl (C=O) groups is 1. The summed E-state index contributed by atoms with van der Waals surface area (Å²) >= 11 is 1.80. The number of ether oxygens (including phenoxy) is 1. The third-order valence-electron chi connectivity index (χ3n) is 6.40. The largest absolute Gasteiger partial charge is 0.370 e. The van der Waals surface area contributed by atoms with Crippen molar-refractivity contribution in [1.29, 1.82) is 0 Å². The highest BCUT2D eigenvalue weighted by molar-refractivity contribution is 7.15. The predicted octanol–water partition coefficient (Wildman–Crippen LogP) is 4.47. The molecule has 0 N–H and O–H groups in total. The van der Waals surface area contributed by atoms with Crippen molar-refractivity contribution in [1.82, 2.24) is 19.4 Å². The van der Waals surface area contributed by atoms with Crippen molar-refractivity contribution >= 4 is 17.2 Å². The number of carbonyl (C=O) groups excluding carboxylic acids is 1. The van der Waals surface area contributed by atoms with E-state index in [1.165, 1.54) is 10.4 Å². The standard InChI is InChI=1S/C24H28N4O2S/c1-23(2,3)28-10-4-17(16-28)22(29)27-11-6-24(7-12-27)18-14-21(19-15-25-8-9-26-19)31-20(18)5-13-30-24/h4,8-10,14-16H,5-7,11-13H2,1-3H3. The molecule has 0 saturated carbocycles. The minimum absolute atomic E-state index is 0.0311. The fraction of sp³-hybridized carbons (Fsp3) is 0.458. The Morgan fingerprint density at radius 2 is 2.03 bits per heavy atom. The van der Waals surface area contributed by atoms with E-state index in [-0.39, 0.29) is 17.0 Å². The first-order valence-corrected chi connectivity index (χ1v) is 11.7. The summed E-state index contributed by atoms with van der Waals surface area (Å²) in [6.07, 6.45) is 11.8. The zero-order valence-corrected chi connectivity index (χ0v) is 19.1. The number of rotatable bonds is 2. The van der Waals surface area contributed by atoms with Gasteiger partial charge >= 0.3 is 0 Å². The number of amides is 1. The summed E-state index contributed by atoms with van der Waals surface area (Å²) in [4.78, 5) is 26.3. The molecule has 0 radical (unpaired) electrons. The third kappa shape index (κ3) is 3.70. The van der Waals surface area contributed by atoms with E-state index in [1.54, 1.807) is 23.7 Å². The van der Waals surface area contributed by atoms with E-state index in [4.69, 9.17) is 4.74 Å². The van der Waals surface area contributed by atoms with Gasteiger partial charge in [0, 0.05) is 54.7 Å². The molecule has 6 nitrogen and oxygen atoms in total. The number of fused-ring (bicyclic) bond motifs is 2. The van der Waals surface area contributed by atoms with Gasteiger partial charge in [0.25, 0.3) is 5.91 Å². The van der Waals surface area contributed by atoms with Crippen LogP contribution in [0.5, 0.6) is 0 Å². The number of hydrogen-bond donors (Lipinski definition) is 0. The van der Waals surface area contributed by atoms with Gasteiger partial charge in [-0.05, 0) is 51.3 Å². The summed E-state index contributed by atoms with van der Waals surface area (Å²) < 4.78 is 8.49. The molecule has 3 aromatic heterocycles. The van der Waals surface area contributed by atoms with Crippen LogP contribution in [0.1, 0.15) is 54.4 Å². The van der Waals surface area contributed by atoms with Crippen molar-refractivity contribution < 1.29 is 9.53 Å². The fourth-order valence-corrected chi connectivity index (χ4v) is 5.77. The van der Waals surface area contributed by atoms with Crippen LogP contribution in [0, 0.1) is 0 Å². The molecule has 1 amide bonds. The lowest BCUT2D eigenvalue weighted by Crippen LogP contribution is -2.48. The Morgan fingerprint density at radius 3 is 2.71 bits per heavy atom. The van der Waals surface area contributed by atoms with Crippen molar-refractivity contribution in [3.63, 3.8) is 0 Å². The smallest absolute Gasteiger partial charge is 0.255 e. The first kappa shape index (κ1) is 20.4. The summed E-state index contributed by atoms with van der Waals surface area (Å²) in [5.41, 5.74) is 2.63. The number of thiophene rings is 1. The molecule has 1 saturated heterocycles. The van der Waals surface area contributed by atoms with Crippen LogP contribution in [-0.4, -0.2) is 45.0 Å². The van der Waals surface area contributed by atoms with Crippen molar-refractivity contribution in [3.8, 4) is 10.6 Å². The van der Waals surface area contributed by atoms with Gasteiger partial charge in [0.1, 0.15) is 0 Å². The second-order valence-electron chi connectivity index (χ2n) is 9.40. The van der Waals surface area contributed by atoms with Gasteiger partial charge in [-0.1, -0.05) is 0 Å². The van der Waals surface area contributed by atoms with Gasteiger partial charge in [0.05, 0.1) is 34.5 Å². The zero-order chi connectivity index (χ0) is 21.6. The van der Waals surface area contributed by atoms with E-state index in [2.05, 4.69) is 41.4 Å². The Hall–Kier alpha value is -2.51. The molecule has 2 aliphatic rings. The van der Waals surface area contributed by atoms with Crippen LogP contribution in [0.4, 0.5) is 0 Å². The maximum Gasteiger partial charge on any atom is 0.255 e. The Balaban J connectivity index is 1.34. The molecule has 3 aromatic rings. The van der Waals surface area contributed by atoms with Crippen molar-refractivity contribution in [2.45, 2.75) is 51.2 Å². The highest BCUT2D eigenvalue weighted by Gasteiger charge is 2.43. The van der Waals surface area contributed by atoms with Gasteiger partial charge < -0.3 is 14.2 Å². The number of likely N-dealkylation sites (tertiary alicyclic amines) is 1. The monoisotopic (exact) mass is 436 g/mol. The predicted molar refractivity (Wildman–Crippen MR) is 121 cm³/mol. The minimum atomic E-state index is -0.293. The topological polar surface area (TPSA) is 60.2 Å². The van der Waals surface area contributed by atoms with E-state index in [9.17, 15) is 4.79 Å². The second kappa shape index (κ2) is 7.57. The summed E-state index contributed by atoms with van der Waals surface area (Å²) in [7, 11) is 0.